The predicted octanol–water partition coefficient (Wildman–Crippen LogP) is 5.73. The Labute approximate surface area is 144 Å². The zero-order valence-electron chi connectivity index (χ0n) is 11.5. The van der Waals surface area contributed by atoms with Gasteiger partial charge in [0, 0.05) is 5.69 Å². The maximum absolute atomic E-state index is 12.8. The molecule has 1 N–H and O–H groups in total. The smallest absolute Gasteiger partial charge is 0.322 e. The highest BCUT2D eigenvalue weighted by molar-refractivity contribution is 9.12. The first kappa shape index (κ1) is 17.6. The fraction of sp³-hybridized carbons (Fsp3) is 0.0625. The van der Waals surface area contributed by atoms with Crippen LogP contribution in [0.1, 0.15) is 11.1 Å². The molecule has 0 aromatic heterocycles. The molecule has 0 spiro atoms. The molecule has 0 radical (unpaired) electrons. The summed E-state index contributed by atoms with van der Waals surface area (Å²) < 4.78 is 38.6. The molecule has 0 aliphatic heterocycles. The fourth-order valence-corrected chi connectivity index (χ4v) is 2.36. The van der Waals surface area contributed by atoms with Crippen LogP contribution in [0.2, 0.25) is 5.02 Å². The van der Waals surface area contributed by atoms with Crippen LogP contribution >= 0.6 is 27.5 Å². The molecule has 2 nitrogen and oxygen atoms in total. The van der Waals surface area contributed by atoms with Gasteiger partial charge in [-0.15, -0.1) is 0 Å². The van der Waals surface area contributed by atoms with Gasteiger partial charge in [0.05, 0.1) is 15.1 Å². The number of anilines is 1. The van der Waals surface area contributed by atoms with Crippen LogP contribution in [0.15, 0.2) is 53.0 Å². The number of hydrogen-bond donors (Lipinski definition) is 1. The second-order valence-electron chi connectivity index (χ2n) is 4.55. The van der Waals surface area contributed by atoms with Crippen molar-refractivity contribution in [1.29, 1.82) is 0 Å². The van der Waals surface area contributed by atoms with Crippen molar-refractivity contribution in [3.05, 3.63) is 69.2 Å². The van der Waals surface area contributed by atoms with Crippen LogP contribution in [0.25, 0.3) is 6.08 Å². The largest absolute Gasteiger partial charge is 0.417 e. The van der Waals surface area contributed by atoms with Gasteiger partial charge in [0.25, 0.3) is 5.91 Å². The molecule has 23 heavy (non-hydrogen) atoms. The normalized spacial score (nSPS) is 12.1. The Morgan fingerprint density at radius 3 is 2.39 bits per heavy atom. The lowest BCUT2D eigenvalue weighted by Crippen LogP contribution is -2.13. The minimum absolute atomic E-state index is 0.00476. The summed E-state index contributed by atoms with van der Waals surface area (Å²) in [5, 5.41) is 1.97. The quantitative estimate of drug-likeness (QED) is 0.650. The van der Waals surface area contributed by atoms with Crippen molar-refractivity contribution in [2.24, 2.45) is 0 Å². The minimum Gasteiger partial charge on any atom is -0.322 e. The van der Waals surface area contributed by atoms with Crippen LogP contribution in [0.3, 0.4) is 0 Å². The van der Waals surface area contributed by atoms with Crippen molar-refractivity contribution in [1.82, 2.24) is 0 Å². The first-order valence-electron chi connectivity index (χ1n) is 6.38. The van der Waals surface area contributed by atoms with Gasteiger partial charge in [-0.2, -0.15) is 13.2 Å². The van der Waals surface area contributed by atoms with E-state index in [0.717, 1.165) is 17.7 Å². The number of halogens is 5. The van der Waals surface area contributed by atoms with Gasteiger partial charge in [-0.1, -0.05) is 41.9 Å². The zero-order chi connectivity index (χ0) is 17.0. The van der Waals surface area contributed by atoms with Gasteiger partial charge >= 0.3 is 6.18 Å². The number of carbonyl (C=O) groups excluding carboxylic acids is 1. The van der Waals surface area contributed by atoms with Gasteiger partial charge in [-0.25, -0.2) is 0 Å². The van der Waals surface area contributed by atoms with E-state index in [0.29, 0.717) is 0 Å². The van der Waals surface area contributed by atoms with E-state index >= 15 is 0 Å². The Bertz CT molecular complexity index is 745. The van der Waals surface area contributed by atoms with E-state index in [1.807, 2.05) is 6.07 Å². The van der Waals surface area contributed by atoms with E-state index in [4.69, 9.17) is 11.6 Å². The van der Waals surface area contributed by atoms with Gasteiger partial charge in [-0.3, -0.25) is 4.79 Å². The van der Waals surface area contributed by atoms with Gasteiger partial charge < -0.3 is 5.32 Å². The maximum atomic E-state index is 12.8. The molecule has 0 fully saturated rings. The van der Waals surface area contributed by atoms with Crippen molar-refractivity contribution in [2.45, 2.75) is 6.18 Å². The number of amides is 1. The summed E-state index contributed by atoms with van der Waals surface area (Å²) in [5.74, 6) is -0.565. The molecule has 7 heteroatoms. The number of carbonyl (C=O) groups is 1. The van der Waals surface area contributed by atoms with E-state index < -0.39 is 22.7 Å². The predicted molar refractivity (Wildman–Crippen MR) is 88.4 cm³/mol. The Morgan fingerprint density at radius 2 is 1.78 bits per heavy atom. The lowest BCUT2D eigenvalue weighted by atomic mass is 10.2. The fourth-order valence-electron chi connectivity index (χ4n) is 1.77. The van der Waals surface area contributed by atoms with E-state index in [9.17, 15) is 18.0 Å². The Morgan fingerprint density at radius 1 is 1.13 bits per heavy atom. The summed E-state index contributed by atoms with van der Waals surface area (Å²) in [6.07, 6.45) is -3.02. The average molecular weight is 405 g/mol. The first-order valence-corrected chi connectivity index (χ1v) is 7.55. The van der Waals surface area contributed by atoms with E-state index in [2.05, 4.69) is 21.2 Å². The van der Waals surface area contributed by atoms with Gasteiger partial charge in [0.2, 0.25) is 0 Å². The van der Waals surface area contributed by atoms with Crippen molar-refractivity contribution in [3.8, 4) is 0 Å². The minimum atomic E-state index is -4.59. The molecule has 120 valence electrons. The number of alkyl halides is 3. The molecule has 1 amide bonds. The summed E-state index contributed by atoms with van der Waals surface area (Å²) in [7, 11) is 0. The molecule has 0 bridgehead atoms. The number of rotatable bonds is 3. The molecule has 2 rings (SSSR count). The Hall–Kier alpha value is -1.79. The molecule has 0 aliphatic carbocycles. The highest BCUT2D eigenvalue weighted by Crippen LogP contribution is 2.36. The SMILES string of the molecule is O=C(Nc1ccc(Cl)c(C(F)(F)F)c1)C(Br)=Cc1ccccc1. The third-order valence-corrected chi connectivity index (χ3v) is 3.76. The monoisotopic (exact) mass is 403 g/mol. The van der Waals surface area contributed by atoms with E-state index in [1.54, 1.807) is 30.3 Å². The summed E-state index contributed by atoms with van der Waals surface area (Å²) >= 11 is 8.64. The third kappa shape index (κ3) is 4.84. The van der Waals surface area contributed by atoms with Crippen LogP contribution in [-0.2, 0) is 11.0 Å². The molecule has 0 heterocycles. The van der Waals surface area contributed by atoms with Crippen molar-refractivity contribution in [3.63, 3.8) is 0 Å². The maximum Gasteiger partial charge on any atom is 0.417 e. The number of benzene rings is 2. The second kappa shape index (κ2) is 7.19. The van der Waals surface area contributed by atoms with Crippen LogP contribution < -0.4 is 5.32 Å². The highest BCUT2D eigenvalue weighted by atomic mass is 79.9. The van der Waals surface area contributed by atoms with Gasteiger partial charge in [0.15, 0.2) is 0 Å². The average Bonchev–Trinajstić information content (AvgIpc) is 2.49. The van der Waals surface area contributed by atoms with Crippen molar-refractivity contribution < 1.29 is 18.0 Å². The van der Waals surface area contributed by atoms with E-state index in [-0.39, 0.29) is 10.2 Å². The van der Waals surface area contributed by atoms with Crippen molar-refractivity contribution in [2.75, 3.05) is 5.32 Å². The highest BCUT2D eigenvalue weighted by Gasteiger charge is 2.33. The lowest BCUT2D eigenvalue weighted by molar-refractivity contribution is -0.137. The zero-order valence-corrected chi connectivity index (χ0v) is 13.8. The summed E-state index contributed by atoms with van der Waals surface area (Å²) in [5.41, 5.74) is -0.216. The molecule has 0 saturated heterocycles. The van der Waals surface area contributed by atoms with Crippen molar-refractivity contribution >= 4 is 45.2 Å². The molecule has 2 aromatic carbocycles. The summed E-state index contributed by atoms with van der Waals surface area (Å²) in [6, 6.07) is 12.2. The number of nitrogens with one attached hydrogen (secondary N) is 1. The van der Waals surface area contributed by atoms with Crippen LogP contribution in [0, 0.1) is 0 Å². The standard InChI is InChI=1S/C16H10BrClF3NO/c17-13(8-10-4-2-1-3-5-10)15(23)22-11-6-7-14(18)12(9-11)16(19,20)21/h1-9H,(H,22,23). The molecule has 0 aliphatic rings. The molecule has 0 saturated carbocycles. The molecule has 0 unspecified atom stereocenters. The van der Waals surface area contributed by atoms with Crippen LogP contribution in [0.4, 0.5) is 18.9 Å². The Balaban J connectivity index is 2.19. The summed E-state index contributed by atoms with van der Waals surface area (Å²) in [4.78, 5) is 12.0. The Kier molecular flexibility index (Phi) is 5.49. The number of hydrogen-bond acceptors (Lipinski definition) is 1. The summed E-state index contributed by atoms with van der Waals surface area (Å²) in [6.45, 7) is 0. The van der Waals surface area contributed by atoms with Crippen LogP contribution in [0.5, 0.6) is 0 Å². The van der Waals surface area contributed by atoms with Gasteiger partial charge in [-0.05, 0) is 45.8 Å². The molecule has 0 atom stereocenters. The third-order valence-electron chi connectivity index (χ3n) is 2.84. The molecular weight excluding hydrogens is 395 g/mol. The lowest BCUT2D eigenvalue weighted by Gasteiger charge is -2.11. The molecular formula is C16H10BrClF3NO. The van der Waals surface area contributed by atoms with E-state index in [1.165, 1.54) is 6.07 Å². The molecule has 2 aromatic rings. The van der Waals surface area contributed by atoms with Gasteiger partial charge in [0.1, 0.15) is 0 Å². The van der Waals surface area contributed by atoms with Crippen LogP contribution in [-0.4, -0.2) is 5.91 Å². The second-order valence-corrected chi connectivity index (χ2v) is 5.81. The first-order chi connectivity index (χ1) is 10.8. The topological polar surface area (TPSA) is 29.1 Å².